The molecule has 1 amide bonds. The van der Waals surface area contributed by atoms with Gasteiger partial charge < -0.3 is 15.5 Å². The van der Waals surface area contributed by atoms with E-state index >= 15 is 0 Å². The van der Waals surface area contributed by atoms with Crippen LogP contribution in [-0.4, -0.2) is 27.5 Å². The highest BCUT2D eigenvalue weighted by molar-refractivity contribution is 9.09. The summed E-state index contributed by atoms with van der Waals surface area (Å²) in [6, 6.07) is 4.01. The Hall–Kier alpha value is -1.23. The van der Waals surface area contributed by atoms with E-state index in [-0.39, 0.29) is 27.6 Å². The first kappa shape index (κ1) is 15.8. The third-order valence-corrected chi connectivity index (χ3v) is 3.20. The SMILES string of the molecule is CC(C)(C)CC(Br)CNC(=O)c1ccc(O)c(O)c1. The Morgan fingerprint density at radius 3 is 2.47 bits per heavy atom. The standard InChI is InChI=1S/C14H20BrNO3/c1-14(2,3)7-10(15)8-16-13(19)9-4-5-11(17)12(18)6-9/h4-6,10,17-18H,7-8H2,1-3H3,(H,16,19). The second kappa shape index (κ2) is 6.28. The van der Waals surface area contributed by atoms with Crippen LogP contribution in [0, 0.1) is 5.41 Å². The Morgan fingerprint density at radius 2 is 1.95 bits per heavy atom. The molecule has 0 spiro atoms. The smallest absolute Gasteiger partial charge is 0.251 e. The summed E-state index contributed by atoms with van der Waals surface area (Å²) < 4.78 is 0. The average Bonchev–Trinajstić information content (AvgIpc) is 2.27. The molecule has 3 N–H and O–H groups in total. The molecule has 0 saturated carbocycles. The van der Waals surface area contributed by atoms with Gasteiger partial charge in [-0.05, 0) is 30.0 Å². The molecule has 0 aliphatic rings. The highest BCUT2D eigenvalue weighted by atomic mass is 79.9. The summed E-state index contributed by atoms with van der Waals surface area (Å²) >= 11 is 3.54. The number of nitrogens with one attached hydrogen (secondary N) is 1. The lowest BCUT2D eigenvalue weighted by Gasteiger charge is -2.22. The van der Waals surface area contributed by atoms with Crippen molar-refractivity contribution >= 4 is 21.8 Å². The number of amides is 1. The van der Waals surface area contributed by atoms with Crippen LogP contribution < -0.4 is 5.32 Å². The zero-order valence-corrected chi connectivity index (χ0v) is 13.0. The topological polar surface area (TPSA) is 69.6 Å². The molecule has 1 atom stereocenters. The minimum absolute atomic E-state index is 0.190. The van der Waals surface area contributed by atoms with Gasteiger partial charge in [0.25, 0.3) is 5.91 Å². The van der Waals surface area contributed by atoms with E-state index in [2.05, 4.69) is 42.0 Å². The van der Waals surface area contributed by atoms with Crippen LogP contribution in [-0.2, 0) is 0 Å². The molecule has 0 aliphatic carbocycles. The Morgan fingerprint density at radius 1 is 1.32 bits per heavy atom. The first-order chi connectivity index (χ1) is 8.69. The minimum atomic E-state index is -0.294. The van der Waals surface area contributed by atoms with E-state index in [9.17, 15) is 15.0 Å². The number of phenols is 2. The van der Waals surface area contributed by atoms with Crippen molar-refractivity contribution in [3.8, 4) is 11.5 Å². The van der Waals surface area contributed by atoms with Crippen molar-refractivity contribution in [1.29, 1.82) is 0 Å². The molecule has 0 radical (unpaired) electrons. The summed E-state index contributed by atoms with van der Waals surface area (Å²) in [5.41, 5.74) is 0.515. The van der Waals surface area contributed by atoms with Crippen molar-refractivity contribution in [3.05, 3.63) is 23.8 Å². The van der Waals surface area contributed by atoms with E-state index in [1.807, 2.05) is 0 Å². The van der Waals surface area contributed by atoms with Crippen LogP contribution in [0.1, 0.15) is 37.6 Å². The largest absolute Gasteiger partial charge is 0.504 e. The third-order valence-electron chi connectivity index (χ3n) is 2.56. The van der Waals surface area contributed by atoms with Gasteiger partial charge in [-0.1, -0.05) is 36.7 Å². The zero-order chi connectivity index (χ0) is 14.6. The van der Waals surface area contributed by atoms with Gasteiger partial charge in [-0.2, -0.15) is 0 Å². The normalized spacial score (nSPS) is 13.1. The van der Waals surface area contributed by atoms with E-state index in [1.54, 1.807) is 0 Å². The van der Waals surface area contributed by atoms with Crippen molar-refractivity contribution < 1.29 is 15.0 Å². The van der Waals surface area contributed by atoms with Crippen LogP contribution in [0.25, 0.3) is 0 Å². The molecule has 0 aromatic heterocycles. The van der Waals surface area contributed by atoms with Gasteiger partial charge in [0.05, 0.1) is 0 Å². The fourth-order valence-corrected chi connectivity index (χ4v) is 2.84. The summed E-state index contributed by atoms with van der Waals surface area (Å²) in [4.78, 5) is 12.1. The highest BCUT2D eigenvalue weighted by Crippen LogP contribution is 2.25. The molecule has 5 heteroatoms. The Kier molecular flexibility index (Phi) is 5.23. The number of carbonyl (C=O) groups is 1. The first-order valence-corrected chi connectivity index (χ1v) is 7.05. The maximum Gasteiger partial charge on any atom is 0.251 e. The Labute approximate surface area is 122 Å². The van der Waals surface area contributed by atoms with E-state index in [4.69, 9.17) is 0 Å². The van der Waals surface area contributed by atoms with Gasteiger partial charge in [-0.3, -0.25) is 4.79 Å². The number of rotatable bonds is 4. The number of aromatic hydroxyl groups is 2. The Bertz CT molecular complexity index is 454. The van der Waals surface area contributed by atoms with Crippen molar-refractivity contribution in [2.24, 2.45) is 5.41 Å². The molecule has 0 bridgehead atoms. The quantitative estimate of drug-likeness (QED) is 0.587. The monoisotopic (exact) mass is 329 g/mol. The van der Waals surface area contributed by atoms with Crippen molar-refractivity contribution in [2.45, 2.75) is 32.0 Å². The molecular weight excluding hydrogens is 310 g/mol. The summed E-state index contributed by atoms with van der Waals surface area (Å²) in [5, 5.41) is 21.3. The summed E-state index contributed by atoms with van der Waals surface area (Å²) in [7, 11) is 0. The second-order valence-electron chi connectivity index (χ2n) is 5.78. The van der Waals surface area contributed by atoms with Crippen LogP contribution in [0.5, 0.6) is 11.5 Å². The van der Waals surface area contributed by atoms with Crippen LogP contribution >= 0.6 is 15.9 Å². The second-order valence-corrected chi connectivity index (χ2v) is 7.07. The van der Waals surface area contributed by atoms with E-state index in [1.165, 1.54) is 18.2 Å². The zero-order valence-electron chi connectivity index (χ0n) is 11.4. The first-order valence-electron chi connectivity index (χ1n) is 6.13. The van der Waals surface area contributed by atoms with Crippen molar-refractivity contribution in [2.75, 3.05) is 6.54 Å². The van der Waals surface area contributed by atoms with Gasteiger partial charge >= 0.3 is 0 Å². The van der Waals surface area contributed by atoms with Gasteiger partial charge in [0, 0.05) is 16.9 Å². The highest BCUT2D eigenvalue weighted by Gasteiger charge is 2.17. The Balaban J connectivity index is 2.53. The molecule has 0 aliphatic heterocycles. The van der Waals surface area contributed by atoms with Gasteiger partial charge in [-0.15, -0.1) is 0 Å². The molecule has 4 nitrogen and oxygen atoms in total. The van der Waals surface area contributed by atoms with Crippen LogP contribution in [0.2, 0.25) is 0 Å². The molecule has 106 valence electrons. The van der Waals surface area contributed by atoms with Crippen molar-refractivity contribution in [1.82, 2.24) is 5.32 Å². The van der Waals surface area contributed by atoms with Crippen LogP contribution in [0.3, 0.4) is 0 Å². The molecule has 0 fully saturated rings. The molecule has 19 heavy (non-hydrogen) atoms. The fourth-order valence-electron chi connectivity index (χ4n) is 1.71. The molecule has 1 rings (SSSR count). The number of hydrogen-bond donors (Lipinski definition) is 3. The summed E-state index contributed by atoms with van der Waals surface area (Å²) in [6.45, 7) is 6.93. The maximum absolute atomic E-state index is 11.9. The van der Waals surface area contributed by atoms with Gasteiger partial charge in [0.15, 0.2) is 11.5 Å². The number of benzene rings is 1. The van der Waals surface area contributed by atoms with Gasteiger partial charge in [0.1, 0.15) is 0 Å². The molecule has 0 heterocycles. The van der Waals surface area contributed by atoms with Crippen LogP contribution in [0.15, 0.2) is 18.2 Å². The number of alkyl halides is 1. The number of halogens is 1. The lowest BCUT2D eigenvalue weighted by Crippen LogP contribution is -2.31. The van der Waals surface area contributed by atoms with Crippen molar-refractivity contribution in [3.63, 3.8) is 0 Å². The maximum atomic E-state index is 11.9. The molecule has 1 unspecified atom stereocenters. The third kappa shape index (κ3) is 5.51. The minimum Gasteiger partial charge on any atom is -0.504 e. The lowest BCUT2D eigenvalue weighted by atomic mass is 9.90. The number of phenolic OH excluding ortho intramolecular Hbond substituents is 2. The van der Waals surface area contributed by atoms with E-state index in [0.29, 0.717) is 12.1 Å². The number of hydrogen-bond acceptors (Lipinski definition) is 3. The van der Waals surface area contributed by atoms with E-state index in [0.717, 1.165) is 6.42 Å². The predicted molar refractivity (Wildman–Crippen MR) is 78.9 cm³/mol. The van der Waals surface area contributed by atoms with E-state index < -0.39 is 0 Å². The lowest BCUT2D eigenvalue weighted by molar-refractivity contribution is 0.0952. The van der Waals surface area contributed by atoms with Gasteiger partial charge in [0.2, 0.25) is 0 Å². The summed E-state index contributed by atoms with van der Waals surface area (Å²) in [5.74, 6) is -0.797. The van der Waals surface area contributed by atoms with Gasteiger partial charge in [-0.25, -0.2) is 0 Å². The molecule has 1 aromatic rings. The van der Waals surface area contributed by atoms with Crippen LogP contribution in [0.4, 0.5) is 0 Å². The predicted octanol–water partition coefficient (Wildman–Crippen LogP) is 3.03. The fraction of sp³-hybridized carbons (Fsp3) is 0.500. The molecule has 1 aromatic carbocycles. The number of carbonyl (C=O) groups excluding carboxylic acids is 1. The molecule has 0 saturated heterocycles. The average molecular weight is 330 g/mol. The molecular formula is C14H20BrNO3. The summed E-state index contributed by atoms with van der Waals surface area (Å²) in [6.07, 6.45) is 0.939.